The van der Waals surface area contributed by atoms with Crippen molar-refractivity contribution in [2.45, 2.75) is 0 Å². The molecule has 0 spiro atoms. The van der Waals surface area contributed by atoms with Gasteiger partial charge in [-0.1, -0.05) is 30.3 Å². The van der Waals surface area contributed by atoms with Crippen molar-refractivity contribution >= 4 is 39.9 Å². The number of hydrogen-bond donors (Lipinski definition) is 3. The standard InChI is InChI=1S/C25H25N5O3/c1-29(2)15-14-26-18-8-10-19(11-9-18)27-24(17-6-4-3-5-7-17)23-21-16-20(30(32)33)12-13-22(21)28-25(23)31/h3-13,16,26-27H,14-15H2,1-2H3,(H,28,31). The zero-order valence-corrected chi connectivity index (χ0v) is 18.5. The Morgan fingerprint density at radius 2 is 1.70 bits per heavy atom. The number of rotatable bonds is 8. The van der Waals surface area contributed by atoms with E-state index in [4.69, 9.17) is 0 Å². The van der Waals surface area contributed by atoms with Crippen molar-refractivity contribution < 1.29 is 9.72 Å². The van der Waals surface area contributed by atoms with Crippen LogP contribution in [-0.4, -0.2) is 42.9 Å². The number of nitrogens with one attached hydrogen (secondary N) is 3. The lowest BCUT2D eigenvalue weighted by molar-refractivity contribution is -0.384. The van der Waals surface area contributed by atoms with Crippen molar-refractivity contribution in [3.05, 3.63) is 94.0 Å². The monoisotopic (exact) mass is 443 g/mol. The van der Waals surface area contributed by atoms with Crippen LogP contribution >= 0.6 is 0 Å². The van der Waals surface area contributed by atoms with Gasteiger partial charge in [0.2, 0.25) is 0 Å². The summed E-state index contributed by atoms with van der Waals surface area (Å²) < 4.78 is 0. The summed E-state index contributed by atoms with van der Waals surface area (Å²) in [6, 6.07) is 21.7. The number of fused-ring (bicyclic) bond motifs is 1. The maximum atomic E-state index is 13.0. The molecule has 1 aliphatic heterocycles. The Kier molecular flexibility index (Phi) is 6.37. The van der Waals surface area contributed by atoms with Crippen LogP contribution in [0.15, 0.2) is 72.8 Å². The number of hydrogen-bond acceptors (Lipinski definition) is 6. The molecule has 33 heavy (non-hydrogen) atoms. The van der Waals surface area contributed by atoms with Crippen LogP contribution in [0.25, 0.3) is 11.3 Å². The topological polar surface area (TPSA) is 99.5 Å². The third-order valence-electron chi connectivity index (χ3n) is 5.31. The molecule has 0 atom stereocenters. The second-order valence-electron chi connectivity index (χ2n) is 7.99. The quantitative estimate of drug-likeness (QED) is 0.269. The predicted octanol–water partition coefficient (Wildman–Crippen LogP) is 4.50. The fraction of sp³-hybridized carbons (Fsp3) is 0.160. The second kappa shape index (κ2) is 9.54. The largest absolute Gasteiger partial charge is 0.384 e. The summed E-state index contributed by atoms with van der Waals surface area (Å²) in [7, 11) is 4.05. The van der Waals surface area contributed by atoms with E-state index in [1.807, 2.05) is 68.7 Å². The Morgan fingerprint density at radius 3 is 2.36 bits per heavy atom. The molecule has 1 aliphatic rings. The van der Waals surface area contributed by atoms with Crippen molar-refractivity contribution in [3.8, 4) is 0 Å². The fourth-order valence-corrected chi connectivity index (χ4v) is 3.64. The van der Waals surface area contributed by atoms with Crippen molar-refractivity contribution in [2.75, 3.05) is 43.1 Å². The van der Waals surface area contributed by atoms with Gasteiger partial charge in [0, 0.05) is 47.8 Å². The zero-order valence-electron chi connectivity index (χ0n) is 18.5. The number of nitro benzene ring substituents is 1. The predicted molar refractivity (Wildman–Crippen MR) is 132 cm³/mol. The smallest absolute Gasteiger partial charge is 0.270 e. The van der Waals surface area contributed by atoms with E-state index in [1.165, 1.54) is 12.1 Å². The van der Waals surface area contributed by atoms with Crippen molar-refractivity contribution in [2.24, 2.45) is 0 Å². The average Bonchev–Trinajstić information content (AvgIpc) is 3.13. The van der Waals surface area contributed by atoms with Crippen LogP contribution < -0.4 is 16.0 Å². The van der Waals surface area contributed by atoms with Gasteiger partial charge in [-0.3, -0.25) is 14.9 Å². The second-order valence-corrected chi connectivity index (χ2v) is 7.99. The highest BCUT2D eigenvalue weighted by molar-refractivity contribution is 6.37. The van der Waals surface area contributed by atoms with Crippen LogP contribution in [0.1, 0.15) is 11.1 Å². The summed E-state index contributed by atoms with van der Waals surface area (Å²) in [6.07, 6.45) is 0. The van der Waals surface area contributed by atoms with E-state index >= 15 is 0 Å². The molecular formula is C25H25N5O3. The van der Waals surface area contributed by atoms with E-state index in [2.05, 4.69) is 20.9 Å². The molecule has 4 rings (SSSR count). The van der Waals surface area contributed by atoms with Gasteiger partial charge < -0.3 is 20.9 Å². The Hall–Kier alpha value is -4.17. The maximum absolute atomic E-state index is 13.0. The lowest BCUT2D eigenvalue weighted by Gasteiger charge is -2.16. The normalized spacial score (nSPS) is 14.0. The summed E-state index contributed by atoms with van der Waals surface area (Å²) in [5.41, 5.74) is 4.54. The summed E-state index contributed by atoms with van der Waals surface area (Å²) in [6.45, 7) is 1.75. The molecule has 3 aromatic carbocycles. The first-order chi connectivity index (χ1) is 15.9. The molecule has 0 unspecified atom stereocenters. The first-order valence-electron chi connectivity index (χ1n) is 10.6. The van der Waals surface area contributed by atoms with Crippen LogP contribution in [0, 0.1) is 10.1 Å². The van der Waals surface area contributed by atoms with Gasteiger partial charge in [0.15, 0.2) is 0 Å². The molecule has 3 aromatic rings. The molecule has 1 heterocycles. The van der Waals surface area contributed by atoms with E-state index in [1.54, 1.807) is 6.07 Å². The highest BCUT2D eigenvalue weighted by Crippen LogP contribution is 2.39. The number of likely N-dealkylation sites (N-methyl/N-ethyl adjacent to an activating group) is 1. The van der Waals surface area contributed by atoms with Gasteiger partial charge in [0.25, 0.3) is 11.6 Å². The van der Waals surface area contributed by atoms with Gasteiger partial charge in [-0.05, 0) is 50.0 Å². The van der Waals surface area contributed by atoms with E-state index < -0.39 is 4.92 Å². The molecule has 8 heteroatoms. The molecule has 0 saturated heterocycles. The minimum Gasteiger partial charge on any atom is -0.384 e. The highest BCUT2D eigenvalue weighted by Gasteiger charge is 2.30. The summed E-state index contributed by atoms with van der Waals surface area (Å²) in [5.74, 6) is -0.307. The molecule has 168 valence electrons. The average molecular weight is 444 g/mol. The number of carbonyl (C=O) groups is 1. The molecule has 3 N–H and O–H groups in total. The summed E-state index contributed by atoms with van der Waals surface area (Å²) in [4.78, 5) is 25.9. The van der Waals surface area contributed by atoms with Crippen LogP contribution in [0.3, 0.4) is 0 Å². The molecular weight excluding hydrogens is 418 g/mol. The number of amides is 1. The van der Waals surface area contributed by atoms with Crippen molar-refractivity contribution in [1.82, 2.24) is 4.90 Å². The zero-order chi connectivity index (χ0) is 23.4. The third-order valence-corrected chi connectivity index (χ3v) is 5.31. The van der Waals surface area contributed by atoms with Crippen LogP contribution in [-0.2, 0) is 4.79 Å². The van der Waals surface area contributed by atoms with Gasteiger partial charge in [-0.25, -0.2) is 0 Å². The molecule has 0 fully saturated rings. The number of nitrogens with zero attached hydrogens (tertiary/aromatic N) is 2. The minimum absolute atomic E-state index is 0.0664. The number of nitro groups is 1. The lowest BCUT2D eigenvalue weighted by atomic mass is 9.99. The van der Waals surface area contributed by atoms with Gasteiger partial charge in [0.05, 0.1) is 16.2 Å². The molecule has 0 bridgehead atoms. The van der Waals surface area contributed by atoms with E-state index in [0.29, 0.717) is 22.5 Å². The molecule has 0 radical (unpaired) electrons. The molecule has 0 aliphatic carbocycles. The molecule has 1 amide bonds. The molecule has 8 nitrogen and oxygen atoms in total. The van der Waals surface area contributed by atoms with E-state index in [9.17, 15) is 14.9 Å². The van der Waals surface area contributed by atoms with E-state index in [-0.39, 0.29) is 11.6 Å². The van der Waals surface area contributed by atoms with Crippen LogP contribution in [0.2, 0.25) is 0 Å². The summed E-state index contributed by atoms with van der Waals surface area (Å²) in [5, 5.41) is 20.9. The number of benzene rings is 3. The minimum atomic E-state index is -0.460. The van der Waals surface area contributed by atoms with Crippen molar-refractivity contribution in [1.29, 1.82) is 0 Å². The van der Waals surface area contributed by atoms with Gasteiger partial charge >= 0.3 is 0 Å². The Balaban J connectivity index is 1.71. The van der Waals surface area contributed by atoms with Crippen molar-refractivity contribution in [3.63, 3.8) is 0 Å². The van der Waals surface area contributed by atoms with Gasteiger partial charge in [-0.2, -0.15) is 0 Å². The number of anilines is 3. The Bertz CT molecular complexity index is 1200. The Morgan fingerprint density at radius 1 is 1.00 bits per heavy atom. The number of carbonyl (C=O) groups excluding carboxylic acids is 1. The SMILES string of the molecule is CN(C)CCNc1ccc(NC(=C2C(=O)Nc3ccc([N+](=O)[O-])cc32)c2ccccc2)cc1. The first-order valence-corrected chi connectivity index (χ1v) is 10.6. The fourth-order valence-electron chi connectivity index (χ4n) is 3.64. The Labute approximate surface area is 192 Å². The lowest BCUT2D eigenvalue weighted by Crippen LogP contribution is -2.20. The van der Waals surface area contributed by atoms with Crippen LogP contribution in [0.4, 0.5) is 22.7 Å². The molecule has 0 aromatic heterocycles. The van der Waals surface area contributed by atoms with E-state index in [0.717, 1.165) is 30.0 Å². The third kappa shape index (κ3) is 5.02. The molecule has 0 saturated carbocycles. The van der Waals surface area contributed by atoms with Gasteiger partial charge in [0.1, 0.15) is 0 Å². The first kappa shape index (κ1) is 22.0. The van der Waals surface area contributed by atoms with Crippen LogP contribution in [0.5, 0.6) is 0 Å². The maximum Gasteiger partial charge on any atom is 0.270 e. The summed E-state index contributed by atoms with van der Waals surface area (Å²) >= 11 is 0. The van der Waals surface area contributed by atoms with Gasteiger partial charge in [-0.15, -0.1) is 0 Å². The highest BCUT2D eigenvalue weighted by atomic mass is 16.6. The number of non-ortho nitro benzene ring substituents is 1.